The third kappa shape index (κ3) is 3.01. The molecule has 1 aromatic carbocycles. The minimum absolute atomic E-state index is 0.107. The zero-order valence-corrected chi connectivity index (χ0v) is 13.6. The van der Waals surface area contributed by atoms with Gasteiger partial charge in [-0.15, -0.1) is 0 Å². The topological polar surface area (TPSA) is 12.0 Å². The quantitative estimate of drug-likeness (QED) is 0.811. The van der Waals surface area contributed by atoms with Gasteiger partial charge in [0.05, 0.1) is 0 Å². The van der Waals surface area contributed by atoms with E-state index in [1.807, 2.05) is 0 Å². The average molecular weight is 289 g/mol. The van der Waals surface area contributed by atoms with Crippen molar-refractivity contribution in [1.82, 2.24) is 5.32 Å². The van der Waals surface area contributed by atoms with Crippen molar-refractivity contribution in [3.05, 3.63) is 34.6 Å². The molecule has 0 aliphatic heterocycles. The molecule has 3 rings (SSSR count). The Balaban J connectivity index is 1.81. The van der Waals surface area contributed by atoms with Crippen LogP contribution in [0.15, 0.2) is 12.1 Å². The molecular formula is C19H28FN. The summed E-state index contributed by atoms with van der Waals surface area (Å²) in [7, 11) is 0. The van der Waals surface area contributed by atoms with Crippen molar-refractivity contribution in [1.29, 1.82) is 0 Å². The number of nitrogens with one attached hydrogen (secondary N) is 1. The molecule has 116 valence electrons. The first-order valence-corrected chi connectivity index (χ1v) is 8.58. The summed E-state index contributed by atoms with van der Waals surface area (Å²) in [5, 5.41) is 3.66. The summed E-state index contributed by atoms with van der Waals surface area (Å²) < 4.78 is 13.6. The largest absolute Gasteiger partial charge is 0.310 e. The Morgan fingerprint density at radius 3 is 2.43 bits per heavy atom. The highest BCUT2D eigenvalue weighted by atomic mass is 19.1. The van der Waals surface area contributed by atoms with Gasteiger partial charge in [-0.1, -0.05) is 13.3 Å². The predicted octanol–water partition coefficient (Wildman–Crippen LogP) is 4.92. The summed E-state index contributed by atoms with van der Waals surface area (Å²) in [6.45, 7) is 7.25. The van der Waals surface area contributed by atoms with Crippen molar-refractivity contribution in [2.75, 3.05) is 6.54 Å². The summed E-state index contributed by atoms with van der Waals surface area (Å²) in [5.41, 5.74) is 3.53. The second-order valence-corrected chi connectivity index (χ2v) is 7.23. The zero-order valence-electron chi connectivity index (χ0n) is 13.6. The molecule has 1 N–H and O–H groups in total. The second-order valence-electron chi connectivity index (χ2n) is 7.23. The maximum absolute atomic E-state index is 13.6. The standard InChI is InChI=1S/C19H28FN/c1-4-21-18(11-16-10-14-5-6-15(16)9-14)19-12(2)7-17(20)8-13(19)3/h7-8,14-16,18,21H,4-6,9-11H2,1-3H3. The summed E-state index contributed by atoms with van der Waals surface area (Å²) >= 11 is 0. The molecule has 0 spiro atoms. The highest BCUT2D eigenvalue weighted by Gasteiger charge is 2.40. The van der Waals surface area contributed by atoms with Crippen LogP contribution in [0.3, 0.4) is 0 Å². The molecule has 0 radical (unpaired) electrons. The van der Waals surface area contributed by atoms with E-state index in [2.05, 4.69) is 26.1 Å². The van der Waals surface area contributed by atoms with Crippen LogP contribution in [-0.2, 0) is 0 Å². The van der Waals surface area contributed by atoms with E-state index in [1.165, 1.54) is 37.7 Å². The Bertz CT molecular complexity index is 487. The van der Waals surface area contributed by atoms with Gasteiger partial charge in [0.2, 0.25) is 0 Å². The zero-order chi connectivity index (χ0) is 15.0. The molecule has 0 saturated heterocycles. The molecule has 0 amide bonds. The minimum Gasteiger partial charge on any atom is -0.310 e. The van der Waals surface area contributed by atoms with Gasteiger partial charge in [0.15, 0.2) is 0 Å². The second kappa shape index (κ2) is 6.08. The highest BCUT2D eigenvalue weighted by Crippen LogP contribution is 2.51. The van der Waals surface area contributed by atoms with E-state index in [-0.39, 0.29) is 5.82 Å². The summed E-state index contributed by atoms with van der Waals surface area (Å²) in [6, 6.07) is 3.76. The molecule has 1 aromatic rings. The predicted molar refractivity (Wildman–Crippen MR) is 85.8 cm³/mol. The molecule has 2 aliphatic rings. The Labute approximate surface area is 128 Å². The van der Waals surface area contributed by atoms with Crippen LogP contribution < -0.4 is 5.32 Å². The lowest BCUT2D eigenvalue weighted by atomic mass is 9.81. The van der Waals surface area contributed by atoms with Crippen molar-refractivity contribution in [3.8, 4) is 0 Å². The molecule has 0 heterocycles. The van der Waals surface area contributed by atoms with E-state index in [0.717, 1.165) is 35.4 Å². The van der Waals surface area contributed by atoms with Crippen LogP contribution >= 0.6 is 0 Å². The van der Waals surface area contributed by atoms with Gasteiger partial charge in [0.25, 0.3) is 0 Å². The van der Waals surface area contributed by atoms with Gasteiger partial charge in [-0.3, -0.25) is 0 Å². The van der Waals surface area contributed by atoms with Crippen molar-refractivity contribution >= 4 is 0 Å². The third-order valence-electron chi connectivity index (χ3n) is 5.78. The summed E-state index contributed by atoms with van der Waals surface area (Å²) in [6.07, 6.45) is 7.01. The van der Waals surface area contributed by atoms with Gasteiger partial charge in [-0.05, 0) is 92.7 Å². The normalized spacial score (nSPS) is 29.0. The van der Waals surface area contributed by atoms with E-state index < -0.39 is 0 Å². The van der Waals surface area contributed by atoms with Crippen LogP contribution in [0.25, 0.3) is 0 Å². The van der Waals surface area contributed by atoms with Gasteiger partial charge in [-0.25, -0.2) is 4.39 Å². The molecule has 4 unspecified atom stereocenters. The smallest absolute Gasteiger partial charge is 0.123 e. The van der Waals surface area contributed by atoms with E-state index in [9.17, 15) is 4.39 Å². The Hall–Kier alpha value is -0.890. The molecule has 2 saturated carbocycles. The van der Waals surface area contributed by atoms with E-state index in [0.29, 0.717) is 6.04 Å². The third-order valence-corrected chi connectivity index (χ3v) is 5.78. The molecular weight excluding hydrogens is 261 g/mol. The number of halogens is 1. The first kappa shape index (κ1) is 15.0. The highest BCUT2D eigenvalue weighted by molar-refractivity contribution is 5.37. The molecule has 2 heteroatoms. The lowest BCUT2D eigenvalue weighted by Gasteiger charge is -2.29. The van der Waals surface area contributed by atoms with Crippen LogP contribution in [0.2, 0.25) is 0 Å². The van der Waals surface area contributed by atoms with Crippen LogP contribution in [0.5, 0.6) is 0 Å². The number of fused-ring (bicyclic) bond motifs is 2. The van der Waals surface area contributed by atoms with Crippen LogP contribution in [0.1, 0.15) is 61.8 Å². The lowest BCUT2D eigenvalue weighted by Crippen LogP contribution is -2.26. The Morgan fingerprint density at radius 1 is 1.19 bits per heavy atom. The average Bonchev–Trinajstić information content (AvgIpc) is 2.99. The van der Waals surface area contributed by atoms with Crippen molar-refractivity contribution in [2.45, 2.75) is 58.9 Å². The summed E-state index contributed by atoms with van der Waals surface area (Å²) in [4.78, 5) is 0. The van der Waals surface area contributed by atoms with Gasteiger partial charge in [-0.2, -0.15) is 0 Å². The first-order valence-electron chi connectivity index (χ1n) is 8.58. The number of hydrogen-bond acceptors (Lipinski definition) is 1. The first-order chi connectivity index (χ1) is 10.1. The van der Waals surface area contributed by atoms with Gasteiger partial charge in [0.1, 0.15) is 5.82 Å². The van der Waals surface area contributed by atoms with Gasteiger partial charge in [0, 0.05) is 6.04 Å². The van der Waals surface area contributed by atoms with Gasteiger partial charge >= 0.3 is 0 Å². The number of aryl methyl sites for hydroxylation is 2. The molecule has 2 bridgehead atoms. The Kier molecular flexibility index (Phi) is 4.35. The molecule has 21 heavy (non-hydrogen) atoms. The SMILES string of the molecule is CCNC(CC1CC2CCC1C2)c1c(C)cc(F)cc1C. The molecule has 2 aliphatic carbocycles. The fourth-order valence-electron chi connectivity index (χ4n) is 4.99. The van der Waals surface area contributed by atoms with E-state index in [1.54, 1.807) is 12.1 Å². The number of benzene rings is 1. The van der Waals surface area contributed by atoms with Crippen molar-refractivity contribution in [3.63, 3.8) is 0 Å². The molecule has 1 nitrogen and oxygen atoms in total. The van der Waals surface area contributed by atoms with Crippen molar-refractivity contribution < 1.29 is 4.39 Å². The van der Waals surface area contributed by atoms with Crippen LogP contribution in [0.4, 0.5) is 4.39 Å². The Morgan fingerprint density at radius 2 is 1.90 bits per heavy atom. The minimum atomic E-state index is -0.107. The fraction of sp³-hybridized carbons (Fsp3) is 0.684. The molecule has 4 atom stereocenters. The molecule has 0 aromatic heterocycles. The number of hydrogen-bond donors (Lipinski definition) is 1. The fourth-order valence-corrected chi connectivity index (χ4v) is 4.99. The maximum Gasteiger partial charge on any atom is 0.123 e. The van der Waals surface area contributed by atoms with E-state index >= 15 is 0 Å². The van der Waals surface area contributed by atoms with Crippen molar-refractivity contribution in [2.24, 2.45) is 17.8 Å². The van der Waals surface area contributed by atoms with Gasteiger partial charge < -0.3 is 5.32 Å². The summed E-state index contributed by atoms with van der Waals surface area (Å²) in [5.74, 6) is 2.72. The van der Waals surface area contributed by atoms with Crippen LogP contribution in [0, 0.1) is 37.4 Å². The monoisotopic (exact) mass is 289 g/mol. The maximum atomic E-state index is 13.6. The number of rotatable bonds is 5. The molecule has 2 fully saturated rings. The van der Waals surface area contributed by atoms with Crippen LogP contribution in [-0.4, -0.2) is 6.54 Å². The lowest BCUT2D eigenvalue weighted by molar-refractivity contribution is 0.280. The van der Waals surface area contributed by atoms with E-state index in [4.69, 9.17) is 0 Å².